The molecule has 1 saturated carbocycles. The van der Waals surface area contributed by atoms with Gasteiger partial charge in [-0.15, -0.1) is 0 Å². The number of benzene rings is 2. The Morgan fingerprint density at radius 2 is 1.76 bits per heavy atom. The Morgan fingerprint density at radius 3 is 2.65 bits per heavy atom. The van der Waals surface area contributed by atoms with Crippen molar-refractivity contribution in [2.24, 2.45) is 0 Å². The lowest BCUT2D eigenvalue weighted by Gasteiger charge is -2.31. The Morgan fingerprint density at radius 1 is 0.971 bits per heavy atom. The van der Waals surface area contributed by atoms with Crippen molar-refractivity contribution < 1.29 is 9.59 Å². The number of imidazole rings is 1. The third-order valence-electron chi connectivity index (χ3n) is 7.93. The first-order valence-electron chi connectivity index (χ1n) is 12.8. The van der Waals surface area contributed by atoms with Gasteiger partial charge in [-0.1, -0.05) is 49.6 Å². The van der Waals surface area contributed by atoms with E-state index in [0.717, 1.165) is 54.8 Å². The van der Waals surface area contributed by atoms with E-state index in [1.54, 1.807) is 0 Å². The third-order valence-corrected chi connectivity index (χ3v) is 7.93. The first-order chi connectivity index (χ1) is 16.7. The van der Waals surface area contributed by atoms with Crippen LogP contribution in [0.3, 0.4) is 0 Å². The number of aryl methyl sites for hydroxylation is 1. The molecule has 0 radical (unpaired) electrons. The van der Waals surface area contributed by atoms with Gasteiger partial charge in [0.15, 0.2) is 0 Å². The van der Waals surface area contributed by atoms with Crippen molar-refractivity contribution in [3.63, 3.8) is 0 Å². The SMILES string of the molecule is O=C(Cn1c([C@H]2CC(=O)N(C3CCCCC3)C2)nc2ccccc21)N1CCCc2ccccc21. The normalized spacial score (nSPS) is 21.3. The molecule has 0 spiro atoms. The molecule has 2 aromatic carbocycles. The number of hydrogen-bond acceptors (Lipinski definition) is 3. The minimum absolute atomic E-state index is 0.0308. The van der Waals surface area contributed by atoms with Gasteiger partial charge in [-0.05, 0) is 49.4 Å². The Balaban J connectivity index is 1.31. The van der Waals surface area contributed by atoms with E-state index in [9.17, 15) is 9.59 Å². The topological polar surface area (TPSA) is 58.4 Å². The van der Waals surface area contributed by atoms with Gasteiger partial charge in [-0.25, -0.2) is 4.98 Å². The molecule has 2 fully saturated rings. The molecule has 0 unspecified atom stereocenters. The lowest BCUT2D eigenvalue weighted by Crippen LogP contribution is -2.38. The molecule has 1 aromatic heterocycles. The summed E-state index contributed by atoms with van der Waals surface area (Å²) >= 11 is 0. The van der Waals surface area contributed by atoms with Gasteiger partial charge in [0.05, 0.1) is 11.0 Å². The first kappa shape index (κ1) is 21.4. The fourth-order valence-electron chi connectivity index (χ4n) is 6.24. The minimum Gasteiger partial charge on any atom is -0.339 e. The summed E-state index contributed by atoms with van der Waals surface area (Å²) in [5.74, 6) is 1.24. The maximum atomic E-state index is 13.6. The molecule has 176 valence electrons. The Kier molecular flexibility index (Phi) is 5.60. The number of nitrogens with zero attached hydrogens (tertiary/aromatic N) is 4. The van der Waals surface area contributed by atoms with Crippen molar-refractivity contribution in [1.82, 2.24) is 14.5 Å². The molecule has 0 bridgehead atoms. The number of amides is 2. The van der Waals surface area contributed by atoms with Gasteiger partial charge in [0.1, 0.15) is 12.4 Å². The smallest absolute Gasteiger partial charge is 0.246 e. The van der Waals surface area contributed by atoms with E-state index in [2.05, 4.69) is 21.6 Å². The van der Waals surface area contributed by atoms with Crippen LogP contribution in [0.2, 0.25) is 0 Å². The van der Waals surface area contributed by atoms with Crippen LogP contribution in [0.1, 0.15) is 62.3 Å². The number of rotatable bonds is 4. The van der Waals surface area contributed by atoms with Crippen molar-refractivity contribution in [3.8, 4) is 0 Å². The molecule has 2 amide bonds. The van der Waals surface area contributed by atoms with Crippen molar-refractivity contribution in [2.75, 3.05) is 18.0 Å². The van der Waals surface area contributed by atoms with Crippen molar-refractivity contribution >= 4 is 28.5 Å². The van der Waals surface area contributed by atoms with Crippen LogP contribution in [0.15, 0.2) is 48.5 Å². The zero-order valence-corrected chi connectivity index (χ0v) is 19.7. The van der Waals surface area contributed by atoms with Gasteiger partial charge >= 0.3 is 0 Å². The molecule has 3 aliphatic rings. The second kappa shape index (κ2) is 8.90. The summed E-state index contributed by atoms with van der Waals surface area (Å²) in [7, 11) is 0. The zero-order valence-electron chi connectivity index (χ0n) is 19.7. The van der Waals surface area contributed by atoms with E-state index in [0.29, 0.717) is 19.0 Å². The van der Waals surface area contributed by atoms with Crippen LogP contribution in [0.4, 0.5) is 5.69 Å². The largest absolute Gasteiger partial charge is 0.339 e. The Bertz CT molecular complexity index is 1230. The maximum absolute atomic E-state index is 13.6. The summed E-state index contributed by atoms with van der Waals surface area (Å²) in [5, 5.41) is 0. The molecule has 6 nitrogen and oxygen atoms in total. The van der Waals surface area contributed by atoms with E-state index in [1.807, 2.05) is 41.3 Å². The van der Waals surface area contributed by atoms with E-state index < -0.39 is 0 Å². The molecule has 3 heterocycles. The van der Waals surface area contributed by atoms with Gasteiger partial charge in [0, 0.05) is 37.2 Å². The number of anilines is 1. The lowest BCUT2D eigenvalue weighted by molar-refractivity contribution is -0.130. The summed E-state index contributed by atoms with van der Waals surface area (Å²) in [6, 6.07) is 16.6. The van der Waals surface area contributed by atoms with Crippen LogP contribution in [-0.4, -0.2) is 45.4 Å². The van der Waals surface area contributed by atoms with E-state index in [-0.39, 0.29) is 24.3 Å². The number of para-hydroxylation sites is 3. The summed E-state index contributed by atoms with van der Waals surface area (Å²) in [4.78, 5) is 35.6. The second-order valence-electron chi connectivity index (χ2n) is 10.1. The predicted molar refractivity (Wildman–Crippen MR) is 133 cm³/mol. The van der Waals surface area contributed by atoms with Crippen molar-refractivity contribution in [3.05, 3.63) is 59.9 Å². The molecule has 3 aromatic rings. The number of carbonyl (C=O) groups is 2. The fraction of sp³-hybridized carbons (Fsp3) is 0.464. The molecule has 34 heavy (non-hydrogen) atoms. The fourth-order valence-corrected chi connectivity index (χ4v) is 6.24. The average molecular weight is 457 g/mol. The highest BCUT2D eigenvalue weighted by Gasteiger charge is 2.38. The Hall–Kier alpha value is -3.15. The quantitative estimate of drug-likeness (QED) is 0.574. The molecule has 1 saturated heterocycles. The molecular formula is C28H32N4O2. The molecule has 0 N–H and O–H groups in total. The monoisotopic (exact) mass is 456 g/mol. The highest BCUT2D eigenvalue weighted by molar-refractivity contribution is 5.95. The number of hydrogen-bond donors (Lipinski definition) is 0. The standard InChI is InChI=1S/C28H32N4O2/c33-26-17-21(18-31(26)22-11-2-1-3-12-22)28-29-23-13-5-7-15-25(23)32(28)19-27(34)30-16-8-10-20-9-4-6-14-24(20)30/h4-7,9,13-15,21-22H,1-3,8,10-12,16-19H2/t21-/m0/s1. The van der Waals surface area contributed by atoms with Crippen LogP contribution in [0, 0.1) is 0 Å². The summed E-state index contributed by atoms with van der Waals surface area (Å²) in [6.45, 7) is 1.71. The van der Waals surface area contributed by atoms with Crippen LogP contribution >= 0.6 is 0 Å². The number of carbonyl (C=O) groups excluding carboxylic acids is 2. The Labute approximate surface area is 200 Å². The molecule has 6 rings (SSSR count). The highest BCUT2D eigenvalue weighted by Crippen LogP contribution is 2.35. The third kappa shape index (κ3) is 3.79. The molecule has 2 aliphatic heterocycles. The van der Waals surface area contributed by atoms with Crippen molar-refractivity contribution in [1.29, 1.82) is 0 Å². The van der Waals surface area contributed by atoms with Gasteiger partial charge in [0.2, 0.25) is 11.8 Å². The number of aromatic nitrogens is 2. The highest BCUT2D eigenvalue weighted by atomic mass is 16.2. The summed E-state index contributed by atoms with van der Waals surface area (Å²) in [6.07, 6.45) is 8.41. The molecule has 1 aliphatic carbocycles. The first-order valence-corrected chi connectivity index (χ1v) is 12.8. The van der Waals surface area contributed by atoms with Gasteiger partial charge in [-0.2, -0.15) is 0 Å². The van der Waals surface area contributed by atoms with Crippen LogP contribution in [0.25, 0.3) is 11.0 Å². The van der Waals surface area contributed by atoms with Crippen LogP contribution in [0.5, 0.6) is 0 Å². The van der Waals surface area contributed by atoms with Crippen molar-refractivity contribution in [2.45, 2.75) is 69.9 Å². The molecule has 1 atom stereocenters. The summed E-state index contributed by atoms with van der Waals surface area (Å²) in [5.41, 5.74) is 4.14. The maximum Gasteiger partial charge on any atom is 0.246 e. The second-order valence-corrected chi connectivity index (χ2v) is 10.1. The number of likely N-dealkylation sites (tertiary alicyclic amines) is 1. The van der Waals surface area contributed by atoms with Gasteiger partial charge < -0.3 is 14.4 Å². The van der Waals surface area contributed by atoms with Crippen LogP contribution < -0.4 is 4.90 Å². The predicted octanol–water partition coefficient (Wildman–Crippen LogP) is 4.66. The van der Waals surface area contributed by atoms with Crippen LogP contribution in [-0.2, 0) is 22.6 Å². The van der Waals surface area contributed by atoms with Gasteiger partial charge in [-0.3, -0.25) is 9.59 Å². The molecule has 6 heteroatoms. The zero-order chi connectivity index (χ0) is 23.1. The van der Waals surface area contributed by atoms with Gasteiger partial charge in [0.25, 0.3) is 0 Å². The average Bonchev–Trinajstić information content (AvgIpc) is 3.44. The summed E-state index contributed by atoms with van der Waals surface area (Å²) < 4.78 is 2.08. The molecular weight excluding hydrogens is 424 g/mol. The minimum atomic E-state index is 0.0308. The number of fused-ring (bicyclic) bond motifs is 2. The van der Waals surface area contributed by atoms with E-state index >= 15 is 0 Å². The van der Waals surface area contributed by atoms with E-state index in [4.69, 9.17) is 4.98 Å². The van der Waals surface area contributed by atoms with E-state index in [1.165, 1.54) is 24.8 Å². The lowest BCUT2D eigenvalue weighted by atomic mass is 9.94.